The highest BCUT2D eigenvalue weighted by Gasteiger charge is 2.60. The van der Waals surface area contributed by atoms with E-state index >= 15 is 0 Å². The molecular weight excluding hydrogens is 439 g/mol. The van der Waals surface area contributed by atoms with Gasteiger partial charge in [0.1, 0.15) is 17.6 Å². The number of amides is 4. The summed E-state index contributed by atoms with van der Waals surface area (Å²) in [6, 6.07) is 9.93. The van der Waals surface area contributed by atoms with E-state index in [-0.39, 0.29) is 12.4 Å². The van der Waals surface area contributed by atoms with Crippen LogP contribution in [-0.2, 0) is 28.1 Å². The van der Waals surface area contributed by atoms with Crippen molar-refractivity contribution >= 4 is 28.7 Å². The Morgan fingerprint density at radius 3 is 2.68 bits per heavy atom. The minimum absolute atomic E-state index is 0.161. The van der Waals surface area contributed by atoms with Gasteiger partial charge in [-0.1, -0.05) is 12.1 Å². The molecule has 0 bridgehead atoms. The molecule has 2 atom stereocenters. The highest BCUT2D eigenvalue weighted by atomic mass is 19.1. The monoisotopic (exact) mass is 464 g/mol. The number of nitrogens with zero attached hydrogens (tertiary/aromatic N) is 2. The fourth-order valence-corrected chi connectivity index (χ4v) is 4.97. The Morgan fingerprint density at radius 2 is 1.97 bits per heavy atom. The van der Waals surface area contributed by atoms with E-state index in [1.54, 1.807) is 26.2 Å². The molecule has 3 aromatic rings. The molecule has 9 heteroatoms. The Kier molecular flexibility index (Phi) is 5.07. The molecule has 0 spiro atoms. The van der Waals surface area contributed by atoms with Gasteiger partial charge in [0.25, 0.3) is 5.91 Å². The van der Waals surface area contributed by atoms with E-state index in [1.165, 1.54) is 24.0 Å². The van der Waals surface area contributed by atoms with Crippen molar-refractivity contribution in [2.75, 3.05) is 13.7 Å². The van der Waals surface area contributed by atoms with Gasteiger partial charge in [0, 0.05) is 24.0 Å². The molecule has 8 nitrogen and oxygen atoms in total. The quantitative estimate of drug-likeness (QED) is 0.568. The lowest BCUT2D eigenvalue weighted by Gasteiger charge is -2.36. The maximum atomic E-state index is 13.7. The van der Waals surface area contributed by atoms with Crippen molar-refractivity contribution < 1.29 is 23.5 Å². The number of methoxy groups -OCH3 is 1. The standard InChI is InChI=1S/C25H25FN4O4/c1-14(22(31)27-13-15-4-6-16(26)7-5-15)30-23(32)25(2)21-18(10-11-29(25)24(30)33)19-12-17(34-3)8-9-20(19)28-21/h4-9,12,14,28H,10-11,13H2,1-3H3,(H,27,31). The Morgan fingerprint density at radius 1 is 1.24 bits per heavy atom. The average Bonchev–Trinajstić information content (AvgIpc) is 3.31. The second-order valence-electron chi connectivity index (χ2n) is 8.84. The molecule has 0 aliphatic carbocycles. The number of rotatable bonds is 5. The van der Waals surface area contributed by atoms with Crippen LogP contribution in [0.1, 0.15) is 30.7 Å². The summed E-state index contributed by atoms with van der Waals surface area (Å²) in [6.07, 6.45) is 0.579. The molecule has 0 radical (unpaired) electrons. The van der Waals surface area contributed by atoms with Crippen molar-refractivity contribution in [3.05, 3.63) is 65.1 Å². The third-order valence-corrected chi connectivity index (χ3v) is 6.94. The van der Waals surface area contributed by atoms with E-state index in [9.17, 15) is 18.8 Å². The number of fused-ring (bicyclic) bond motifs is 5. The summed E-state index contributed by atoms with van der Waals surface area (Å²) < 4.78 is 18.5. The Balaban J connectivity index is 1.42. The van der Waals surface area contributed by atoms with Gasteiger partial charge in [-0.3, -0.25) is 9.59 Å². The molecule has 0 saturated carbocycles. The van der Waals surface area contributed by atoms with Crippen molar-refractivity contribution in [2.45, 2.75) is 38.4 Å². The van der Waals surface area contributed by atoms with Crippen LogP contribution in [-0.4, -0.2) is 52.3 Å². The molecule has 176 valence electrons. The number of halogens is 1. The van der Waals surface area contributed by atoms with E-state index in [0.717, 1.165) is 21.4 Å². The lowest BCUT2D eigenvalue weighted by molar-refractivity contribution is -0.139. The smallest absolute Gasteiger partial charge is 0.328 e. The van der Waals surface area contributed by atoms with Crippen LogP contribution in [0.25, 0.3) is 10.9 Å². The summed E-state index contributed by atoms with van der Waals surface area (Å²) in [4.78, 5) is 45.8. The Hall–Kier alpha value is -3.88. The summed E-state index contributed by atoms with van der Waals surface area (Å²) in [5.74, 6) is -0.558. The number of nitrogens with one attached hydrogen (secondary N) is 2. The number of ether oxygens (including phenoxy) is 1. The van der Waals surface area contributed by atoms with Crippen molar-refractivity contribution in [2.24, 2.45) is 0 Å². The first kappa shape index (κ1) is 21.9. The third kappa shape index (κ3) is 3.14. The number of hydrogen-bond donors (Lipinski definition) is 2. The number of aromatic amines is 1. The zero-order valence-electron chi connectivity index (χ0n) is 19.1. The molecule has 2 unspecified atom stereocenters. The van der Waals surface area contributed by atoms with Gasteiger partial charge in [0.05, 0.1) is 12.8 Å². The predicted molar refractivity (Wildman–Crippen MR) is 123 cm³/mol. The number of carbonyl (C=O) groups excluding carboxylic acids is 3. The molecule has 1 fully saturated rings. The van der Waals surface area contributed by atoms with E-state index in [1.807, 2.05) is 18.2 Å². The second kappa shape index (κ2) is 7.86. The molecule has 1 aromatic heterocycles. The van der Waals surface area contributed by atoms with Crippen LogP contribution in [0, 0.1) is 5.82 Å². The first-order valence-corrected chi connectivity index (χ1v) is 11.1. The van der Waals surface area contributed by atoms with Crippen LogP contribution >= 0.6 is 0 Å². The first-order chi connectivity index (χ1) is 16.3. The van der Waals surface area contributed by atoms with Gasteiger partial charge in [-0.05, 0) is 61.7 Å². The fourth-order valence-electron chi connectivity index (χ4n) is 4.97. The van der Waals surface area contributed by atoms with Crippen LogP contribution in [0.2, 0.25) is 0 Å². The summed E-state index contributed by atoms with van der Waals surface area (Å²) in [5.41, 5.74) is 1.98. The topological polar surface area (TPSA) is 94.7 Å². The highest BCUT2D eigenvalue weighted by molar-refractivity contribution is 6.11. The van der Waals surface area contributed by atoms with Crippen molar-refractivity contribution in [3.63, 3.8) is 0 Å². The van der Waals surface area contributed by atoms with E-state index < -0.39 is 29.4 Å². The lowest BCUT2D eigenvalue weighted by atomic mass is 9.87. The number of aromatic nitrogens is 1. The molecule has 2 aliphatic heterocycles. The lowest BCUT2D eigenvalue weighted by Crippen LogP contribution is -2.49. The minimum Gasteiger partial charge on any atom is -0.497 e. The maximum Gasteiger partial charge on any atom is 0.328 e. The van der Waals surface area contributed by atoms with Gasteiger partial charge in [-0.25, -0.2) is 14.1 Å². The molecule has 2 aliphatic rings. The fraction of sp³-hybridized carbons (Fsp3) is 0.320. The molecule has 1 saturated heterocycles. The average molecular weight is 464 g/mol. The molecule has 5 rings (SSSR count). The largest absolute Gasteiger partial charge is 0.497 e. The van der Waals surface area contributed by atoms with Crippen LogP contribution in [0.15, 0.2) is 42.5 Å². The zero-order chi connectivity index (χ0) is 24.2. The van der Waals surface area contributed by atoms with Crippen LogP contribution in [0.5, 0.6) is 5.75 Å². The van der Waals surface area contributed by atoms with Crippen molar-refractivity contribution in [1.29, 1.82) is 0 Å². The SMILES string of the molecule is COc1ccc2[nH]c3c(c2c1)CCN1C(=O)N(C(C)C(=O)NCc2ccc(F)cc2)C(=O)C31C. The van der Waals surface area contributed by atoms with Gasteiger partial charge in [0.2, 0.25) is 5.91 Å². The second-order valence-corrected chi connectivity index (χ2v) is 8.84. The summed E-state index contributed by atoms with van der Waals surface area (Å²) in [6.45, 7) is 3.78. The highest BCUT2D eigenvalue weighted by Crippen LogP contribution is 2.45. The van der Waals surface area contributed by atoms with E-state index in [4.69, 9.17) is 4.74 Å². The Labute approximate surface area is 195 Å². The van der Waals surface area contributed by atoms with Gasteiger partial charge in [0.15, 0.2) is 5.54 Å². The minimum atomic E-state index is -1.23. The van der Waals surface area contributed by atoms with Crippen LogP contribution in [0.4, 0.5) is 9.18 Å². The third-order valence-electron chi connectivity index (χ3n) is 6.94. The number of H-pyrrole nitrogens is 1. The van der Waals surface area contributed by atoms with E-state index in [2.05, 4.69) is 10.3 Å². The van der Waals surface area contributed by atoms with Gasteiger partial charge in [-0.15, -0.1) is 0 Å². The number of carbonyl (C=O) groups is 3. The van der Waals surface area contributed by atoms with Gasteiger partial charge < -0.3 is 19.9 Å². The number of hydrogen-bond acceptors (Lipinski definition) is 4. The normalized spacial score (nSPS) is 20.4. The van der Waals surface area contributed by atoms with E-state index in [0.29, 0.717) is 30.0 Å². The molecular formula is C25H25FN4O4. The van der Waals surface area contributed by atoms with Gasteiger partial charge >= 0.3 is 6.03 Å². The molecule has 2 N–H and O–H groups in total. The Bertz CT molecular complexity index is 1320. The molecule has 3 heterocycles. The first-order valence-electron chi connectivity index (χ1n) is 11.1. The number of imide groups is 1. The molecule has 2 aromatic carbocycles. The summed E-state index contributed by atoms with van der Waals surface area (Å²) in [5, 5.41) is 3.69. The molecule has 4 amide bonds. The number of benzene rings is 2. The van der Waals surface area contributed by atoms with Gasteiger partial charge in [-0.2, -0.15) is 0 Å². The molecule has 34 heavy (non-hydrogen) atoms. The summed E-state index contributed by atoms with van der Waals surface area (Å²) in [7, 11) is 1.60. The summed E-state index contributed by atoms with van der Waals surface area (Å²) >= 11 is 0. The predicted octanol–water partition coefficient (Wildman–Crippen LogP) is 3.06. The maximum absolute atomic E-state index is 13.7. The van der Waals surface area contributed by atoms with Crippen molar-refractivity contribution in [3.8, 4) is 5.75 Å². The van der Waals surface area contributed by atoms with Crippen LogP contribution in [0.3, 0.4) is 0 Å². The van der Waals surface area contributed by atoms with Crippen LogP contribution < -0.4 is 10.1 Å². The van der Waals surface area contributed by atoms with Crippen molar-refractivity contribution in [1.82, 2.24) is 20.1 Å². The number of urea groups is 1. The zero-order valence-corrected chi connectivity index (χ0v) is 19.1.